The first-order chi connectivity index (χ1) is 8.08. The van der Waals surface area contributed by atoms with Crippen LogP contribution in [-0.4, -0.2) is 13.7 Å². The summed E-state index contributed by atoms with van der Waals surface area (Å²) in [6.45, 7) is 8.42. The first-order valence-corrected chi connectivity index (χ1v) is 5.81. The largest absolute Gasteiger partial charge is 0.493 e. The molecule has 0 fully saturated rings. The SMILES string of the molecule is C=C(CC)COc1ccc([C@H](C)N)cc1OC. The number of nitrogens with two attached hydrogens (primary N) is 1. The summed E-state index contributed by atoms with van der Waals surface area (Å²) in [6.07, 6.45) is 0.917. The average Bonchev–Trinajstić information content (AvgIpc) is 2.35. The second-order valence-electron chi connectivity index (χ2n) is 4.09. The normalized spacial score (nSPS) is 12.0. The number of methoxy groups -OCH3 is 1. The van der Waals surface area contributed by atoms with Gasteiger partial charge in [0.15, 0.2) is 11.5 Å². The minimum atomic E-state index is -0.0106. The molecule has 0 aliphatic rings. The molecule has 1 aromatic rings. The van der Waals surface area contributed by atoms with Gasteiger partial charge in [0.05, 0.1) is 7.11 Å². The highest BCUT2D eigenvalue weighted by atomic mass is 16.5. The van der Waals surface area contributed by atoms with Crippen molar-refractivity contribution >= 4 is 0 Å². The number of hydrogen-bond acceptors (Lipinski definition) is 3. The van der Waals surface area contributed by atoms with Crippen molar-refractivity contribution in [2.24, 2.45) is 5.73 Å². The van der Waals surface area contributed by atoms with Gasteiger partial charge in [0, 0.05) is 6.04 Å². The van der Waals surface area contributed by atoms with Gasteiger partial charge in [-0.2, -0.15) is 0 Å². The minimum absolute atomic E-state index is 0.0106. The molecular formula is C14H21NO2. The van der Waals surface area contributed by atoms with Crippen molar-refractivity contribution in [3.63, 3.8) is 0 Å². The maximum atomic E-state index is 5.82. The zero-order valence-electron chi connectivity index (χ0n) is 10.8. The molecular weight excluding hydrogens is 214 g/mol. The van der Waals surface area contributed by atoms with Crippen molar-refractivity contribution in [1.29, 1.82) is 0 Å². The van der Waals surface area contributed by atoms with E-state index in [9.17, 15) is 0 Å². The average molecular weight is 235 g/mol. The van der Waals surface area contributed by atoms with Gasteiger partial charge in [0.25, 0.3) is 0 Å². The van der Waals surface area contributed by atoms with E-state index in [0.717, 1.165) is 23.3 Å². The van der Waals surface area contributed by atoms with Crippen LogP contribution < -0.4 is 15.2 Å². The van der Waals surface area contributed by atoms with Crippen LogP contribution in [0.15, 0.2) is 30.4 Å². The molecule has 0 unspecified atom stereocenters. The summed E-state index contributed by atoms with van der Waals surface area (Å²) >= 11 is 0. The Morgan fingerprint density at radius 1 is 1.41 bits per heavy atom. The lowest BCUT2D eigenvalue weighted by Gasteiger charge is -2.14. The summed E-state index contributed by atoms with van der Waals surface area (Å²) in [5.74, 6) is 1.44. The molecule has 0 bridgehead atoms. The molecule has 0 aliphatic heterocycles. The van der Waals surface area contributed by atoms with Crippen molar-refractivity contribution in [2.75, 3.05) is 13.7 Å². The topological polar surface area (TPSA) is 44.5 Å². The molecule has 0 saturated heterocycles. The van der Waals surface area contributed by atoms with E-state index in [1.54, 1.807) is 7.11 Å². The minimum Gasteiger partial charge on any atom is -0.493 e. The Morgan fingerprint density at radius 2 is 2.12 bits per heavy atom. The molecule has 3 nitrogen and oxygen atoms in total. The molecule has 3 heteroatoms. The van der Waals surface area contributed by atoms with Gasteiger partial charge in [-0.1, -0.05) is 19.6 Å². The van der Waals surface area contributed by atoms with Gasteiger partial charge in [-0.3, -0.25) is 0 Å². The molecule has 0 spiro atoms. The summed E-state index contributed by atoms with van der Waals surface area (Å²) in [5, 5.41) is 0. The van der Waals surface area contributed by atoms with Crippen LogP contribution in [-0.2, 0) is 0 Å². The van der Waals surface area contributed by atoms with E-state index in [-0.39, 0.29) is 6.04 Å². The second kappa shape index (κ2) is 6.30. The summed E-state index contributed by atoms with van der Waals surface area (Å²) < 4.78 is 10.9. The van der Waals surface area contributed by atoms with Crippen LogP contribution in [0.25, 0.3) is 0 Å². The van der Waals surface area contributed by atoms with Crippen molar-refractivity contribution in [2.45, 2.75) is 26.3 Å². The predicted molar refractivity (Wildman–Crippen MR) is 70.5 cm³/mol. The van der Waals surface area contributed by atoms with E-state index in [1.165, 1.54) is 0 Å². The maximum Gasteiger partial charge on any atom is 0.161 e. The van der Waals surface area contributed by atoms with E-state index in [4.69, 9.17) is 15.2 Å². The lowest BCUT2D eigenvalue weighted by molar-refractivity contribution is 0.317. The van der Waals surface area contributed by atoms with E-state index in [1.807, 2.05) is 25.1 Å². The quantitative estimate of drug-likeness (QED) is 0.771. The van der Waals surface area contributed by atoms with Crippen LogP contribution in [0.5, 0.6) is 11.5 Å². The molecule has 0 heterocycles. The van der Waals surface area contributed by atoms with Gasteiger partial charge in [-0.05, 0) is 36.6 Å². The highest BCUT2D eigenvalue weighted by Gasteiger charge is 2.08. The van der Waals surface area contributed by atoms with E-state index in [0.29, 0.717) is 12.4 Å². The highest BCUT2D eigenvalue weighted by molar-refractivity contribution is 5.43. The van der Waals surface area contributed by atoms with Gasteiger partial charge in [-0.15, -0.1) is 0 Å². The van der Waals surface area contributed by atoms with Gasteiger partial charge >= 0.3 is 0 Å². The van der Waals surface area contributed by atoms with Crippen LogP contribution >= 0.6 is 0 Å². The molecule has 0 aliphatic carbocycles. The van der Waals surface area contributed by atoms with Crippen LogP contribution in [0.3, 0.4) is 0 Å². The monoisotopic (exact) mass is 235 g/mol. The van der Waals surface area contributed by atoms with Gasteiger partial charge in [0.2, 0.25) is 0 Å². The molecule has 17 heavy (non-hydrogen) atoms. The third-order valence-corrected chi connectivity index (χ3v) is 2.65. The number of ether oxygens (including phenoxy) is 2. The third kappa shape index (κ3) is 3.79. The Labute approximate surface area is 103 Å². The predicted octanol–water partition coefficient (Wildman–Crippen LogP) is 3.06. The zero-order valence-corrected chi connectivity index (χ0v) is 10.8. The number of rotatable bonds is 6. The third-order valence-electron chi connectivity index (χ3n) is 2.65. The van der Waals surface area contributed by atoms with Crippen LogP contribution in [0.1, 0.15) is 31.9 Å². The lowest BCUT2D eigenvalue weighted by atomic mass is 10.1. The molecule has 0 aromatic heterocycles. The molecule has 94 valence electrons. The fraction of sp³-hybridized carbons (Fsp3) is 0.429. The Balaban J connectivity index is 2.81. The lowest BCUT2D eigenvalue weighted by Crippen LogP contribution is -2.06. The Hall–Kier alpha value is -1.48. The zero-order chi connectivity index (χ0) is 12.8. The Morgan fingerprint density at radius 3 is 2.65 bits per heavy atom. The van der Waals surface area contributed by atoms with Crippen LogP contribution in [0, 0.1) is 0 Å². The van der Waals surface area contributed by atoms with Gasteiger partial charge in [-0.25, -0.2) is 0 Å². The molecule has 1 rings (SSSR count). The summed E-state index contributed by atoms with van der Waals surface area (Å²) in [6, 6.07) is 5.75. The molecule has 0 amide bonds. The Kier molecular flexibility index (Phi) is 5.04. The smallest absolute Gasteiger partial charge is 0.161 e. The van der Waals surface area contributed by atoms with E-state index < -0.39 is 0 Å². The fourth-order valence-corrected chi connectivity index (χ4v) is 1.37. The molecule has 1 atom stereocenters. The van der Waals surface area contributed by atoms with E-state index in [2.05, 4.69) is 13.5 Å². The van der Waals surface area contributed by atoms with Crippen molar-refractivity contribution in [3.05, 3.63) is 35.9 Å². The summed E-state index contributed by atoms with van der Waals surface area (Å²) in [7, 11) is 1.63. The first-order valence-electron chi connectivity index (χ1n) is 5.81. The molecule has 1 aromatic carbocycles. The summed E-state index contributed by atoms with van der Waals surface area (Å²) in [4.78, 5) is 0. The highest BCUT2D eigenvalue weighted by Crippen LogP contribution is 2.30. The number of hydrogen-bond donors (Lipinski definition) is 1. The number of benzene rings is 1. The van der Waals surface area contributed by atoms with Crippen molar-refractivity contribution in [1.82, 2.24) is 0 Å². The molecule has 0 radical (unpaired) electrons. The fourth-order valence-electron chi connectivity index (χ4n) is 1.37. The van der Waals surface area contributed by atoms with Crippen molar-refractivity contribution < 1.29 is 9.47 Å². The Bertz CT molecular complexity index is 386. The van der Waals surface area contributed by atoms with E-state index >= 15 is 0 Å². The van der Waals surface area contributed by atoms with Gasteiger partial charge < -0.3 is 15.2 Å². The second-order valence-corrected chi connectivity index (χ2v) is 4.09. The van der Waals surface area contributed by atoms with Gasteiger partial charge in [0.1, 0.15) is 6.61 Å². The van der Waals surface area contributed by atoms with Crippen LogP contribution in [0.4, 0.5) is 0 Å². The van der Waals surface area contributed by atoms with Crippen molar-refractivity contribution in [3.8, 4) is 11.5 Å². The molecule has 2 N–H and O–H groups in total. The maximum absolute atomic E-state index is 5.82. The first kappa shape index (κ1) is 13.6. The van der Waals surface area contributed by atoms with Crippen LogP contribution in [0.2, 0.25) is 0 Å². The molecule has 0 saturated carbocycles. The standard InChI is InChI=1S/C14H21NO2/c1-5-10(2)9-17-13-7-6-12(11(3)15)8-14(13)16-4/h6-8,11H,2,5,9,15H2,1,3-4H3/t11-/m0/s1. The summed E-state index contributed by atoms with van der Waals surface area (Å²) in [5.41, 5.74) is 7.91.